The molecule has 0 bridgehead atoms. The molecule has 2 aromatic heterocycles. The third-order valence-corrected chi connectivity index (χ3v) is 5.10. The fraction of sp³-hybridized carbons (Fsp3) is 0.150. The van der Waals surface area contributed by atoms with Crippen molar-refractivity contribution in [2.45, 2.75) is 18.9 Å². The number of thioether (sulfide) groups is 1. The van der Waals surface area contributed by atoms with Crippen molar-refractivity contribution in [2.75, 3.05) is 11.1 Å². The number of carbonyl (C=O) groups excluding carboxylic acids is 1. The lowest BCUT2D eigenvalue weighted by atomic mass is 10.1. The summed E-state index contributed by atoms with van der Waals surface area (Å²) in [5, 5.41) is 4.58. The number of nitrogens with zero attached hydrogens (tertiary/aromatic N) is 2. The summed E-state index contributed by atoms with van der Waals surface area (Å²) < 4.78 is 5.89. The number of benzene rings is 2. The Morgan fingerprint density at radius 3 is 2.88 bits per heavy atom. The van der Waals surface area contributed by atoms with E-state index in [-0.39, 0.29) is 11.7 Å². The lowest BCUT2D eigenvalue weighted by molar-refractivity contribution is -0.113. The summed E-state index contributed by atoms with van der Waals surface area (Å²) in [6.07, 6.45) is 1.51. The number of fused-ring (bicyclic) bond motifs is 3. The van der Waals surface area contributed by atoms with Gasteiger partial charge in [0.15, 0.2) is 5.58 Å². The van der Waals surface area contributed by atoms with E-state index in [1.54, 1.807) is 0 Å². The van der Waals surface area contributed by atoms with Crippen LogP contribution in [0.15, 0.2) is 58.2 Å². The van der Waals surface area contributed by atoms with Gasteiger partial charge in [-0.3, -0.25) is 4.79 Å². The van der Waals surface area contributed by atoms with Gasteiger partial charge in [0.1, 0.15) is 22.5 Å². The Morgan fingerprint density at radius 2 is 2.00 bits per heavy atom. The number of amides is 1. The number of rotatable bonds is 4. The molecule has 0 aliphatic carbocycles. The molecule has 0 atom stereocenters. The van der Waals surface area contributed by atoms with Gasteiger partial charge in [0, 0.05) is 11.1 Å². The summed E-state index contributed by atoms with van der Waals surface area (Å²) in [6.45, 7) is 3.98. The van der Waals surface area contributed by atoms with E-state index < -0.39 is 0 Å². The Kier molecular flexibility index (Phi) is 4.34. The molecular formula is C20H17N3O2S. The van der Waals surface area contributed by atoms with Crippen molar-refractivity contribution in [3.63, 3.8) is 0 Å². The van der Waals surface area contributed by atoms with Crippen LogP contribution in [0.3, 0.4) is 0 Å². The topological polar surface area (TPSA) is 68.0 Å². The van der Waals surface area contributed by atoms with E-state index in [9.17, 15) is 4.79 Å². The third kappa shape index (κ3) is 3.15. The predicted octanol–water partition coefficient (Wildman–Crippen LogP) is 4.72. The number of nitrogens with one attached hydrogen (secondary N) is 1. The average Bonchev–Trinajstić information content (AvgIpc) is 3.02. The van der Waals surface area contributed by atoms with E-state index in [1.807, 2.05) is 56.3 Å². The van der Waals surface area contributed by atoms with Crippen LogP contribution in [0.25, 0.3) is 22.1 Å². The number of aryl methyl sites for hydroxylation is 2. The van der Waals surface area contributed by atoms with E-state index >= 15 is 0 Å². The van der Waals surface area contributed by atoms with Crippen LogP contribution in [0.2, 0.25) is 0 Å². The predicted molar refractivity (Wildman–Crippen MR) is 105 cm³/mol. The van der Waals surface area contributed by atoms with Gasteiger partial charge in [-0.1, -0.05) is 36.0 Å². The molecule has 0 aliphatic heterocycles. The summed E-state index contributed by atoms with van der Waals surface area (Å²) in [4.78, 5) is 21.0. The molecule has 0 unspecified atom stereocenters. The first-order valence-electron chi connectivity index (χ1n) is 8.24. The number of carbonyl (C=O) groups is 1. The summed E-state index contributed by atoms with van der Waals surface area (Å²) in [5.74, 6) is 0.169. The highest BCUT2D eigenvalue weighted by atomic mass is 32.2. The third-order valence-electron chi connectivity index (χ3n) is 4.13. The lowest BCUT2D eigenvalue weighted by Gasteiger charge is -2.09. The van der Waals surface area contributed by atoms with Crippen LogP contribution in [-0.4, -0.2) is 21.6 Å². The Balaban J connectivity index is 1.54. The zero-order valence-corrected chi connectivity index (χ0v) is 15.3. The Morgan fingerprint density at radius 1 is 1.15 bits per heavy atom. The second-order valence-corrected chi connectivity index (χ2v) is 7.07. The molecule has 2 aromatic carbocycles. The largest absolute Gasteiger partial charge is 0.451 e. The van der Waals surface area contributed by atoms with Gasteiger partial charge in [0.25, 0.3) is 0 Å². The van der Waals surface area contributed by atoms with Crippen molar-refractivity contribution < 1.29 is 9.21 Å². The van der Waals surface area contributed by atoms with Crippen molar-refractivity contribution in [3.05, 3.63) is 59.9 Å². The van der Waals surface area contributed by atoms with Crippen LogP contribution in [0.5, 0.6) is 0 Å². The zero-order chi connectivity index (χ0) is 18.1. The Hall–Kier alpha value is -2.86. The molecule has 0 spiro atoms. The number of hydrogen-bond donors (Lipinski definition) is 1. The van der Waals surface area contributed by atoms with E-state index in [1.165, 1.54) is 18.1 Å². The number of para-hydroxylation sites is 1. The minimum absolute atomic E-state index is 0.0772. The maximum Gasteiger partial charge on any atom is 0.234 e. The van der Waals surface area contributed by atoms with Crippen LogP contribution in [0.1, 0.15) is 11.1 Å². The monoisotopic (exact) mass is 363 g/mol. The van der Waals surface area contributed by atoms with Crippen molar-refractivity contribution in [1.82, 2.24) is 9.97 Å². The fourth-order valence-corrected chi connectivity index (χ4v) is 3.53. The Labute approximate surface area is 154 Å². The molecule has 0 aliphatic rings. The van der Waals surface area contributed by atoms with Crippen LogP contribution in [0, 0.1) is 13.8 Å². The minimum atomic E-state index is -0.0772. The number of hydrogen-bond acceptors (Lipinski definition) is 5. The van der Waals surface area contributed by atoms with Gasteiger partial charge < -0.3 is 9.73 Å². The maximum absolute atomic E-state index is 12.4. The van der Waals surface area contributed by atoms with Crippen LogP contribution >= 0.6 is 11.8 Å². The molecule has 4 rings (SSSR count). The highest BCUT2D eigenvalue weighted by Gasteiger charge is 2.14. The number of anilines is 1. The minimum Gasteiger partial charge on any atom is -0.451 e. The summed E-state index contributed by atoms with van der Waals surface area (Å²) >= 11 is 1.35. The van der Waals surface area contributed by atoms with Crippen molar-refractivity contribution in [3.8, 4) is 0 Å². The van der Waals surface area contributed by atoms with E-state index in [0.29, 0.717) is 10.6 Å². The zero-order valence-electron chi connectivity index (χ0n) is 14.4. The van der Waals surface area contributed by atoms with E-state index in [4.69, 9.17) is 4.42 Å². The van der Waals surface area contributed by atoms with Crippen LogP contribution in [-0.2, 0) is 4.79 Å². The molecular weight excluding hydrogens is 346 g/mol. The van der Waals surface area contributed by atoms with Gasteiger partial charge >= 0.3 is 0 Å². The fourth-order valence-electron chi connectivity index (χ4n) is 2.80. The average molecular weight is 363 g/mol. The lowest BCUT2D eigenvalue weighted by Crippen LogP contribution is -2.15. The van der Waals surface area contributed by atoms with Crippen molar-refractivity contribution in [2.24, 2.45) is 0 Å². The first-order chi connectivity index (χ1) is 12.6. The molecule has 0 radical (unpaired) electrons. The summed E-state index contributed by atoms with van der Waals surface area (Å²) in [7, 11) is 0. The van der Waals surface area contributed by atoms with Crippen LogP contribution < -0.4 is 5.32 Å². The van der Waals surface area contributed by atoms with E-state index in [2.05, 4.69) is 15.3 Å². The highest BCUT2D eigenvalue weighted by molar-refractivity contribution is 8.00. The van der Waals surface area contributed by atoms with Gasteiger partial charge in [-0.05, 0) is 43.2 Å². The molecule has 0 fully saturated rings. The second kappa shape index (κ2) is 6.80. The first-order valence-corrected chi connectivity index (χ1v) is 9.22. The molecule has 0 saturated carbocycles. The second-order valence-electron chi connectivity index (χ2n) is 6.11. The standard InChI is InChI=1S/C20H17N3O2S/c1-12-7-8-13(2)15(9-12)23-17(24)10-26-20-19-18(21-11-22-20)14-5-3-4-6-16(14)25-19/h3-9,11H,10H2,1-2H3,(H,23,24). The van der Waals surface area contributed by atoms with E-state index in [0.717, 1.165) is 33.3 Å². The first kappa shape index (κ1) is 16.6. The van der Waals surface area contributed by atoms with Gasteiger partial charge in [0.05, 0.1) is 5.75 Å². The van der Waals surface area contributed by atoms with Gasteiger partial charge in [-0.25, -0.2) is 9.97 Å². The number of furan rings is 1. The summed E-state index contributed by atoms with van der Waals surface area (Å²) in [5.41, 5.74) is 5.15. The molecule has 4 aromatic rings. The molecule has 26 heavy (non-hydrogen) atoms. The van der Waals surface area contributed by atoms with Gasteiger partial charge in [-0.2, -0.15) is 0 Å². The molecule has 1 amide bonds. The molecule has 2 heterocycles. The molecule has 0 saturated heterocycles. The van der Waals surface area contributed by atoms with Crippen molar-refractivity contribution >= 4 is 45.4 Å². The molecule has 1 N–H and O–H groups in total. The molecule has 130 valence electrons. The smallest absolute Gasteiger partial charge is 0.234 e. The molecule has 5 nitrogen and oxygen atoms in total. The van der Waals surface area contributed by atoms with Gasteiger partial charge in [-0.15, -0.1) is 0 Å². The van der Waals surface area contributed by atoms with Crippen molar-refractivity contribution in [1.29, 1.82) is 0 Å². The normalized spacial score (nSPS) is 11.2. The maximum atomic E-state index is 12.4. The van der Waals surface area contributed by atoms with Gasteiger partial charge in [0.2, 0.25) is 5.91 Å². The Bertz CT molecular complexity index is 1120. The van der Waals surface area contributed by atoms with Crippen LogP contribution in [0.4, 0.5) is 5.69 Å². The SMILES string of the molecule is Cc1ccc(C)c(NC(=O)CSc2ncnc3c2oc2ccccc23)c1. The molecule has 6 heteroatoms. The number of aromatic nitrogens is 2. The highest BCUT2D eigenvalue weighted by Crippen LogP contribution is 2.32. The quantitative estimate of drug-likeness (QED) is 0.419. The summed E-state index contributed by atoms with van der Waals surface area (Å²) in [6, 6.07) is 13.7.